The highest BCUT2D eigenvalue weighted by Gasteiger charge is 2.28. The Morgan fingerprint density at radius 2 is 2.12 bits per heavy atom. The van der Waals surface area contributed by atoms with Crippen LogP contribution in [0.2, 0.25) is 0 Å². The van der Waals surface area contributed by atoms with Crippen molar-refractivity contribution in [2.24, 2.45) is 0 Å². The molecule has 0 bridgehead atoms. The lowest BCUT2D eigenvalue weighted by molar-refractivity contribution is -0.139. The lowest BCUT2D eigenvalue weighted by Gasteiger charge is -2.20. The fourth-order valence-electron chi connectivity index (χ4n) is 2.39. The summed E-state index contributed by atoms with van der Waals surface area (Å²) >= 11 is 0. The molecule has 0 saturated carbocycles. The minimum atomic E-state index is -0.826. The van der Waals surface area contributed by atoms with Crippen molar-refractivity contribution in [2.75, 3.05) is 6.54 Å². The molecule has 4 nitrogen and oxygen atoms in total. The lowest BCUT2D eigenvalue weighted by atomic mass is 9.99. The van der Waals surface area contributed by atoms with Gasteiger partial charge >= 0.3 is 5.97 Å². The maximum Gasteiger partial charge on any atom is 0.326 e. The number of hydrogen-bond acceptors (Lipinski definition) is 2. The highest BCUT2D eigenvalue weighted by Crippen LogP contribution is 2.29. The number of carbonyl (C=O) groups is 1. The van der Waals surface area contributed by atoms with Gasteiger partial charge in [0.05, 0.1) is 0 Å². The van der Waals surface area contributed by atoms with E-state index < -0.39 is 12.0 Å². The van der Waals surface area contributed by atoms with E-state index in [1.165, 1.54) is 0 Å². The lowest BCUT2D eigenvalue weighted by Crippen LogP contribution is -2.34. The summed E-state index contributed by atoms with van der Waals surface area (Å²) in [4.78, 5) is 14.3. The Bertz CT molecular complexity index is 565. The number of carboxylic acids is 1. The van der Waals surface area contributed by atoms with E-state index in [1.54, 1.807) is 0 Å². The van der Waals surface area contributed by atoms with Gasteiger partial charge in [0.1, 0.15) is 6.04 Å². The van der Waals surface area contributed by atoms with Gasteiger partial charge in [0.15, 0.2) is 0 Å². The fourth-order valence-corrected chi connectivity index (χ4v) is 2.39. The highest BCUT2D eigenvalue weighted by atomic mass is 35.5. The molecule has 3 N–H and O–H groups in total. The number of para-hydroxylation sites is 1. The van der Waals surface area contributed by atoms with Gasteiger partial charge in [-0.15, -0.1) is 12.4 Å². The second-order valence-electron chi connectivity index (χ2n) is 4.04. The van der Waals surface area contributed by atoms with Crippen LogP contribution in [0.3, 0.4) is 0 Å². The van der Waals surface area contributed by atoms with Crippen LogP contribution in [0.25, 0.3) is 10.9 Å². The van der Waals surface area contributed by atoms with E-state index in [9.17, 15) is 4.79 Å². The summed E-state index contributed by atoms with van der Waals surface area (Å²) < 4.78 is 0. The minimum absolute atomic E-state index is 0. The van der Waals surface area contributed by atoms with Gasteiger partial charge in [-0.05, 0) is 18.1 Å². The number of carboxylic acid groups (broad SMARTS) is 1. The normalized spacial score (nSPS) is 18.5. The van der Waals surface area contributed by atoms with Gasteiger partial charge < -0.3 is 10.1 Å². The molecule has 0 radical (unpaired) electrons. The summed E-state index contributed by atoms with van der Waals surface area (Å²) in [6.45, 7) is 0.714. The summed E-state index contributed by atoms with van der Waals surface area (Å²) in [6.07, 6.45) is 0.878. The molecular formula is C12H13ClN2O2. The van der Waals surface area contributed by atoms with Crippen molar-refractivity contribution in [3.63, 3.8) is 0 Å². The zero-order chi connectivity index (χ0) is 11.1. The molecule has 0 amide bonds. The fraction of sp³-hybridized carbons (Fsp3) is 0.250. The molecule has 2 aromatic rings. The molecule has 17 heavy (non-hydrogen) atoms. The van der Waals surface area contributed by atoms with Gasteiger partial charge in [0.2, 0.25) is 0 Å². The Labute approximate surface area is 104 Å². The standard InChI is InChI=1S/C12H12N2O2.ClH/c15-12(16)11-10-8(5-6-13-11)7-3-1-2-4-9(7)14-10;/h1-4,11,13-14H,5-6H2,(H,15,16);1H. The minimum Gasteiger partial charge on any atom is -0.480 e. The van der Waals surface area contributed by atoms with Gasteiger partial charge in [0, 0.05) is 23.1 Å². The number of halogens is 1. The average Bonchev–Trinajstić information content (AvgIpc) is 2.67. The van der Waals surface area contributed by atoms with Crippen LogP contribution in [0.1, 0.15) is 17.3 Å². The van der Waals surface area contributed by atoms with Crippen molar-refractivity contribution >= 4 is 29.3 Å². The molecule has 2 heterocycles. The van der Waals surface area contributed by atoms with E-state index in [1.807, 2.05) is 24.3 Å². The maximum absolute atomic E-state index is 11.1. The Hall–Kier alpha value is -1.52. The molecule has 1 aliphatic rings. The second-order valence-corrected chi connectivity index (χ2v) is 4.04. The molecule has 5 heteroatoms. The number of nitrogens with one attached hydrogen (secondary N) is 2. The Balaban J connectivity index is 0.00000108. The van der Waals surface area contributed by atoms with Crippen molar-refractivity contribution in [1.29, 1.82) is 0 Å². The number of aliphatic carboxylic acids is 1. The van der Waals surface area contributed by atoms with Gasteiger partial charge in [-0.1, -0.05) is 18.2 Å². The van der Waals surface area contributed by atoms with Crippen LogP contribution in [-0.4, -0.2) is 22.6 Å². The number of benzene rings is 1. The van der Waals surface area contributed by atoms with E-state index in [4.69, 9.17) is 5.11 Å². The van der Waals surface area contributed by atoms with Crippen LogP contribution >= 0.6 is 12.4 Å². The summed E-state index contributed by atoms with van der Waals surface area (Å²) in [5.41, 5.74) is 2.96. The quantitative estimate of drug-likeness (QED) is 0.726. The molecule has 0 aliphatic carbocycles. The topological polar surface area (TPSA) is 65.1 Å². The van der Waals surface area contributed by atoms with E-state index in [-0.39, 0.29) is 12.4 Å². The zero-order valence-electron chi connectivity index (χ0n) is 9.06. The van der Waals surface area contributed by atoms with Crippen molar-refractivity contribution in [3.05, 3.63) is 35.5 Å². The number of hydrogen-bond donors (Lipinski definition) is 3. The first kappa shape index (κ1) is 12.0. The monoisotopic (exact) mass is 252 g/mol. The SMILES string of the molecule is Cl.O=C(O)C1NCCc2c1[nH]c1ccccc21. The molecule has 1 unspecified atom stereocenters. The zero-order valence-corrected chi connectivity index (χ0v) is 9.88. The van der Waals surface area contributed by atoms with Gasteiger partial charge in [0.25, 0.3) is 0 Å². The van der Waals surface area contributed by atoms with Crippen molar-refractivity contribution in [1.82, 2.24) is 10.3 Å². The van der Waals surface area contributed by atoms with Crippen LogP contribution in [0.5, 0.6) is 0 Å². The van der Waals surface area contributed by atoms with E-state index in [0.717, 1.165) is 28.6 Å². The van der Waals surface area contributed by atoms with Gasteiger partial charge in [-0.25, -0.2) is 0 Å². The molecule has 0 saturated heterocycles. The first-order valence-corrected chi connectivity index (χ1v) is 5.33. The Morgan fingerprint density at radius 1 is 1.35 bits per heavy atom. The Kier molecular flexibility index (Phi) is 3.09. The predicted molar refractivity (Wildman–Crippen MR) is 67.6 cm³/mol. The van der Waals surface area contributed by atoms with Crippen molar-refractivity contribution in [3.8, 4) is 0 Å². The Morgan fingerprint density at radius 3 is 2.88 bits per heavy atom. The number of rotatable bonds is 1. The van der Waals surface area contributed by atoms with Crippen molar-refractivity contribution < 1.29 is 9.90 Å². The highest BCUT2D eigenvalue weighted by molar-refractivity contribution is 5.88. The molecule has 90 valence electrons. The second kappa shape index (κ2) is 4.39. The summed E-state index contributed by atoms with van der Waals surface area (Å²) in [6, 6.07) is 7.35. The molecule has 1 aliphatic heterocycles. The van der Waals surface area contributed by atoms with Gasteiger partial charge in [-0.2, -0.15) is 0 Å². The molecule has 0 fully saturated rings. The largest absolute Gasteiger partial charge is 0.480 e. The number of aromatic amines is 1. The molecule has 1 aromatic carbocycles. The molecule has 0 spiro atoms. The summed E-state index contributed by atoms with van der Waals surface area (Å²) in [5, 5.41) is 13.3. The van der Waals surface area contributed by atoms with Crippen LogP contribution in [0, 0.1) is 0 Å². The number of H-pyrrole nitrogens is 1. The van der Waals surface area contributed by atoms with Crippen LogP contribution < -0.4 is 5.32 Å². The van der Waals surface area contributed by atoms with Crippen molar-refractivity contribution in [2.45, 2.75) is 12.5 Å². The van der Waals surface area contributed by atoms with E-state index >= 15 is 0 Å². The van der Waals surface area contributed by atoms with E-state index in [2.05, 4.69) is 10.3 Å². The third kappa shape index (κ3) is 1.79. The molecule has 3 rings (SSSR count). The third-order valence-corrected chi connectivity index (χ3v) is 3.11. The molecular weight excluding hydrogens is 240 g/mol. The van der Waals surface area contributed by atoms with Crippen LogP contribution in [-0.2, 0) is 11.2 Å². The predicted octanol–water partition coefficient (Wildman–Crippen LogP) is 1.86. The number of aromatic nitrogens is 1. The average molecular weight is 253 g/mol. The molecule has 1 atom stereocenters. The smallest absolute Gasteiger partial charge is 0.326 e. The third-order valence-electron chi connectivity index (χ3n) is 3.11. The van der Waals surface area contributed by atoms with Crippen LogP contribution in [0.4, 0.5) is 0 Å². The van der Waals surface area contributed by atoms with Gasteiger partial charge in [-0.3, -0.25) is 10.1 Å². The maximum atomic E-state index is 11.1. The summed E-state index contributed by atoms with van der Waals surface area (Å²) in [5.74, 6) is -0.826. The first-order valence-electron chi connectivity index (χ1n) is 5.33. The number of fused-ring (bicyclic) bond motifs is 3. The summed E-state index contributed by atoms with van der Waals surface area (Å²) in [7, 11) is 0. The molecule has 1 aromatic heterocycles. The first-order chi connectivity index (χ1) is 7.77. The van der Waals surface area contributed by atoms with Crippen LogP contribution in [0.15, 0.2) is 24.3 Å². The van der Waals surface area contributed by atoms with E-state index in [0.29, 0.717) is 6.54 Å².